The van der Waals surface area contributed by atoms with Crippen molar-refractivity contribution in [3.63, 3.8) is 0 Å². The van der Waals surface area contributed by atoms with Crippen LogP contribution in [-0.2, 0) is 6.30 Å². The van der Waals surface area contributed by atoms with Crippen LogP contribution in [0, 0.1) is 5.82 Å². The molecule has 0 unspecified atom stereocenters. The molecule has 0 aliphatic heterocycles. The second kappa shape index (κ2) is 3.58. The normalized spacial score (nSPS) is 11.8. The van der Waals surface area contributed by atoms with E-state index in [4.69, 9.17) is 0 Å². The SMILES string of the molecule is Fc1ccc(-c2cn(C(F)(F)F)nn2)cc1. The molecular weight excluding hydrogens is 226 g/mol. The second-order valence-electron chi connectivity index (χ2n) is 3.02. The van der Waals surface area contributed by atoms with E-state index in [0.717, 1.165) is 18.3 Å². The van der Waals surface area contributed by atoms with E-state index in [9.17, 15) is 17.6 Å². The van der Waals surface area contributed by atoms with Crippen molar-refractivity contribution in [1.82, 2.24) is 15.0 Å². The van der Waals surface area contributed by atoms with Crippen LogP contribution in [0.25, 0.3) is 11.3 Å². The molecule has 1 heterocycles. The molecule has 0 spiro atoms. The molecule has 3 nitrogen and oxygen atoms in total. The third-order valence-electron chi connectivity index (χ3n) is 1.89. The summed E-state index contributed by atoms with van der Waals surface area (Å²) in [5.74, 6) is -0.466. The fourth-order valence-electron chi connectivity index (χ4n) is 1.14. The zero-order valence-electron chi connectivity index (χ0n) is 7.74. The molecule has 0 amide bonds. The van der Waals surface area contributed by atoms with Crippen LogP contribution in [0.2, 0.25) is 0 Å². The highest BCUT2D eigenvalue weighted by atomic mass is 19.4. The number of rotatable bonds is 1. The van der Waals surface area contributed by atoms with Gasteiger partial charge in [0, 0.05) is 5.56 Å². The number of hydrogen-bond acceptors (Lipinski definition) is 2. The maximum absolute atomic E-state index is 12.6. The molecule has 0 saturated carbocycles. The summed E-state index contributed by atoms with van der Waals surface area (Å²) in [6.07, 6.45) is -3.85. The third kappa shape index (κ3) is 2.02. The molecule has 7 heteroatoms. The molecule has 2 rings (SSSR count). The van der Waals surface area contributed by atoms with Gasteiger partial charge in [-0.3, -0.25) is 0 Å². The summed E-state index contributed by atoms with van der Waals surface area (Å²) in [6.45, 7) is 0. The molecule has 0 atom stereocenters. The van der Waals surface area contributed by atoms with Crippen LogP contribution in [0.15, 0.2) is 30.5 Å². The van der Waals surface area contributed by atoms with Crippen molar-refractivity contribution in [2.75, 3.05) is 0 Å². The quantitative estimate of drug-likeness (QED) is 0.706. The zero-order chi connectivity index (χ0) is 11.8. The van der Waals surface area contributed by atoms with Crippen LogP contribution in [0.5, 0.6) is 0 Å². The van der Waals surface area contributed by atoms with Gasteiger partial charge in [-0.05, 0) is 24.3 Å². The van der Waals surface area contributed by atoms with Crippen molar-refractivity contribution in [3.05, 3.63) is 36.3 Å². The van der Waals surface area contributed by atoms with E-state index in [1.165, 1.54) is 12.1 Å². The molecule has 0 saturated heterocycles. The first kappa shape index (κ1) is 10.6. The molecule has 0 bridgehead atoms. The lowest BCUT2D eigenvalue weighted by Gasteiger charge is -2.02. The highest BCUT2D eigenvalue weighted by Gasteiger charge is 2.32. The Morgan fingerprint density at radius 2 is 1.69 bits per heavy atom. The van der Waals surface area contributed by atoms with Gasteiger partial charge in [0.25, 0.3) is 0 Å². The Balaban J connectivity index is 2.35. The van der Waals surface area contributed by atoms with E-state index in [2.05, 4.69) is 10.3 Å². The lowest BCUT2D eigenvalue weighted by atomic mass is 10.2. The van der Waals surface area contributed by atoms with Gasteiger partial charge in [0.2, 0.25) is 0 Å². The Morgan fingerprint density at radius 3 is 2.19 bits per heavy atom. The van der Waals surface area contributed by atoms with Crippen LogP contribution in [0.1, 0.15) is 0 Å². The van der Waals surface area contributed by atoms with Crippen molar-refractivity contribution < 1.29 is 17.6 Å². The van der Waals surface area contributed by atoms with Gasteiger partial charge < -0.3 is 0 Å². The average Bonchev–Trinajstić information content (AvgIpc) is 2.67. The minimum Gasteiger partial charge on any atom is -0.207 e. The lowest BCUT2D eigenvalue weighted by Crippen LogP contribution is -2.17. The van der Waals surface area contributed by atoms with Crippen LogP contribution < -0.4 is 0 Å². The minimum atomic E-state index is -4.59. The molecule has 2 aromatic rings. The van der Waals surface area contributed by atoms with Gasteiger partial charge in [-0.1, -0.05) is 5.21 Å². The van der Waals surface area contributed by atoms with Crippen LogP contribution in [0.3, 0.4) is 0 Å². The van der Waals surface area contributed by atoms with Crippen molar-refractivity contribution in [2.24, 2.45) is 0 Å². The van der Waals surface area contributed by atoms with Gasteiger partial charge in [-0.15, -0.1) is 18.3 Å². The maximum atomic E-state index is 12.6. The second-order valence-corrected chi connectivity index (χ2v) is 3.02. The first-order chi connectivity index (χ1) is 7.47. The van der Waals surface area contributed by atoms with Crippen LogP contribution in [0.4, 0.5) is 17.6 Å². The number of nitrogens with zero attached hydrogens (tertiary/aromatic N) is 3. The van der Waals surface area contributed by atoms with E-state index in [0.29, 0.717) is 5.56 Å². The molecule has 1 aromatic heterocycles. The summed E-state index contributed by atoms with van der Waals surface area (Å²) < 4.78 is 48.9. The van der Waals surface area contributed by atoms with E-state index in [1.807, 2.05) is 0 Å². The molecule has 0 aliphatic carbocycles. The number of halogens is 4. The Labute approximate surface area is 87.3 Å². The van der Waals surface area contributed by atoms with Crippen molar-refractivity contribution in [2.45, 2.75) is 6.30 Å². The summed E-state index contributed by atoms with van der Waals surface area (Å²) in [5, 5.41) is 6.29. The van der Waals surface area contributed by atoms with E-state index in [-0.39, 0.29) is 10.4 Å². The van der Waals surface area contributed by atoms with Gasteiger partial charge in [0.1, 0.15) is 11.5 Å². The Hall–Kier alpha value is -1.92. The number of aromatic nitrogens is 3. The van der Waals surface area contributed by atoms with Gasteiger partial charge in [0.05, 0.1) is 6.20 Å². The average molecular weight is 231 g/mol. The maximum Gasteiger partial charge on any atom is 0.505 e. The number of alkyl halides is 3. The Kier molecular flexibility index (Phi) is 2.37. The molecular formula is C9H5F4N3. The molecule has 0 aliphatic rings. The fraction of sp³-hybridized carbons (Fsp3) is 0.111. The smallest absolute Gasteiger partial charge is 0.207 e. The lowest BCUT2D eigenvalue weighted by molar-refractivity contribution is -0.213. The highest BCUT2D eigenvalue weighted by Crippen LogP contribution is 2.23. The predicted octanol–water partition coefficient (Wildman–Crippen LogP) is 2.56. The molecule has 1 aromatic carbocycles. The van der Waals surface area contributed by atoms with Crippen molar-refractivity contribution in [3.8, 4) is 11.3 Å². The van der Waals surface area contributed by atoms with Gasteiger partial charge in [0.15, 0.2) is 0 Å². The number of hydrogen-bond donors (Lipinski definition) is 0. The molecule has 0 fully saturated rings. The third-order valence-corrected chi connectivity index (χ3v) is 1.89. The van der Waals surface area contributed by atoms with Gasteiger partial charge in [-0.2, -0.15) is 4.68 Å². The Bertz CT molecular complexity index is 486. The number of benzene rings is 1. The summed E-state index contributed by atoms with van der Waals surface area (Å²) in [4.78, 5) is 0. The van der Waals surface area contributed by atoms with Crippen LogP contribution >= 0.6 is 0 Å². The summed E-state index contributed by atoms with van der Waals surface area (Å²) >= 11 is 0. The minimum absolute atomic E-state index is 0.0392. The van der Waals surface area contributed by atoms with Gasteiger partial charge >= 0.3 is 6.30 Å². The molecule has 0 radical (unpaired) electrons. The topological polar surface area (TPSA) is 30.7 Å². The summed E-state index contributed by atoms with van der Waals surface area (Å²) in [6, 6.07) is 4.95. The van der Waals surface area contributed by atoms with Gasteiger partial charge in [-0.25, -0.2) is 4.39 Å². The van der Waals surface area contributed by atoms with E-state index in [1.54, 1.807) is 0 Å². The summed E-state index contributed by atoms with van der Waals surface area (Å²) in [7, 11) is 0. The van der Waals surface area contributed by atoms with Crippen molar-refractivity contribution >= 4 is 0 Å². The van der Waals surface area contributed by atoms with E-state index >= 15 is 0 Å². The first-order valence-corrected chi connectivity index (χ1v) is 4.22. The van der Waals surface area contributed by atoms with Crippen LogP contribution in [-0.4, -0.2) is 15.0 Å². The standard InChI is InChI=1S/C9H5F4N3/c10-7-3-1-6(2-4-7)8-5-16(15-14-8)9(11,12)13/h1-5H. The van der Waals surface area contributed by atoms with Crippen molar-refractivity contribution in [1.29, 1.82) is 0 Å². The predicted molar refractivity (Wildman–Crippen MR) is 46.7 cm³/mol. The largest absolute Gasteiger partial charge is 0.505 e. The van der Waals surface area contributed by atoms with E-state index < -0.39 is 12.1 Å². The monoisotopic (exact) mass is 231 g/mol. The fourth-order valence-corrected chi connectivity index (χ4v) is 1.14. The zero-order valence-corrected chi connectivity index (χ0v) is 7.74. The molecule has 16 heavy (non-hydrogen) atoms. The molecule has 0 N–H and O–H groups in total. The molecule has 84 valence electrons. The Morgan fingerprint density at radius 1 is 1.06 bits per heavy atom. The first-order valence-electron chi connectivity index (χ1n) is 4.22. The summed E-state index contributed by atoms with van der Waals surface area (Å²) in [5.41, 5.74) is 0.411. The highest BCUT2D eigenvalue weighted by molar-refractivity contribution is 5.57.